The van der Waals surface area contributed by atoms with E-state index in [1.165, 1.54) is 0 Å². The summed E-state index contributed by atoms with van der Waals surface area (Å²) in [5.41, 5.74) is 1.10. The minimum absolute atomic E-state index is 0.354. The zero-order valence-electron chi connectivity index (χ0n) is 11.3. The summed E-state index contributed by atoms with van der Waals surface area (Å²) in [4.78, 5) is 0. The first-order valence-electron chi connectivity index (χ1n) is 6.54. The van der Waals surface area contributed by atoms with Crippen LogP contribution in [0.4, 0.5) is 0 Å². The Morgan fingerprint density at radius 2 is 1.95 bits per heavy atom. The predicted octanol–water partition coefficient (Wildman–Crippen LogP) is 4.67. The van der Waals surface area contributed by atoms with Crippen molar-refractivity contribution in [3.8, 4) is 5.75 Å². The number of benzene rings is 1. The Balaban J connectivity index is 1.95. The molecule has 0 aliphatic heterocycles. The molecule has 1 aromatic carbocycles. The minimum Gasteiger partial charge on any atom is -0.486 e. The van der Waals surface area contributed by atoms with Gasteiger partial charge in [0.25, 0.3) is 0 Å². The molecular weight excluding hydrogens is 297 g/mol. The highest BCUT2D eigenvalue weighted by molar-refractivity contribution is 6.34. The quantitative estimate of drug-likeness (QED) is 0.755. The Kier molecular flexibility index (Phi) is 5.77. The average Bonchev–Trinajstić information content (AvgIpc) is 2.83. The van der Waals surface area contributed by atoms with Crippen LogP contribution in [0.25, 0.3) is 0 Å². The molecule has 0 aliphatic rings. The number of hydrogen-bond acceptors (Lipinski definition) is 3. The molecule has 0 spiro atoms. The normalized spacial score (nSPS) is 10.8. The Hall–Kier alpha value is -1.16. The van der Waals surface area contributed by atoms with Gasteiger partial charge in [0, 0.05) is 22.2 Å². The van der Waals surface area contributed by atoms with Gasteiger partial charge in [0.05, 0.1) is 6.26 Å². The Morgan fingerprint density at radius 1 is 1.20 bits per heavy atom. The maximum atomic E-state index is 5.93. The van der Waals surface area contributed by atoms with Gasteiger partial charge in [0.2, 0.25) is 0 Å². The van der Waals surface area contributed by atoms with Crippen LogP contribution >= 0.6 is 23.2 Å². The van der Waals surface area contributed by atoms with Crippen LogP contribution in [-0.2, 0) is 13.2 Å². The first kappa shape index (κ1) is 15.2. The van der Waals surface area contributed by atoms with E-state index in [0.29, 0.717) is 22.4 Å². The zero-order chi connectivity index (χ0) is 14.4. The molecule has 0 aliphatic carbocycles. The van der Waals surface area contributed by atoms with Gasteiger partial charge in [0.1, 0.15) is 18.1 Å². The van der Waals surface area contributed by atoms with E-state index in [1.54, 1.807) is 24.5 Å². The van der Waals surface area contributed by atoms with Crippen molar-refractivity contribution < 1.29 is 9.15 Å². The molecule has 108 valence electrons. The third-order valence-electron chi connectivity index (χ3n) is 2.79. The van der Waals surface area contributed by atoms with E-state index in [4.69, 9.17) is 32.4 Å². The van der Waals surface area contributed by atoms with Crippen molar-refractivity contribution in [1.82, 2.24) is 5.32 Å². The van der Waals surface area contributed by atoms with Crippen molar-refractivity contribution >= 4 is 23.2 Å². The lowest BCUT2D eigenvalue weighted by Crippen LogP contribution is -2.14. The topological polar surface area (TPSA) is 34.4 Å². The number of hydrogen-bond donors (Lipinski definition) is 1. The first-order chi connectivity index (χ1) is 9.69. The summed E-state index contributed by atoms with van der Waals surface area (Å²) >= 11 is 11.9. The molecule has 3 nitrogen and oxygen atoms in total. The Morgan fingerprint density at radius 3 is 2.65 bits per heavy atom. The van der Waals surface area contributed by atoms with Gasteiger partial charge in [-0.15, -0.1) is 0 Å². The summed E-state index contributed by atoms with van der Waals surface area (Å²) in [5.74, 6) is 1.44. The summed E-state index contributed by atoms with van der Waals surface area (Å²) in [7, 11) is 0. The van der Waals surface area contributed by atoms with Crippen LogP contribution in [0.5, 0.6) is 5.75 Å². The van der Waals surface area contributed by atoms with E-state index < -0.39 is 0 Å². The number of rotatable bonds is 7. The zero-order valence-corrected chi connectivity index (χ0v) is 12.8. The fourth-order valence-corrected chi connectivity index (χ4v) is 2.32. The van der Waals surface area contributed by atoms with Crippen LogP contribution in [0.2, 0.25) is 10.0 Å². The van der Waals surface area contributed by atoms with E-state index in [0.717, 1.165) is 30.8 Å². The smallest absolute Gasteiger partial charge is 0.146 e. The molecule has 2 aromatic rings. The fraction of sp³-hybridized carbons (Fsp3) is 0.333. The molecule has 0 saturated carbocycles. The van der Waals surface area contributed by atoms with Gasteiger partial charge in [-0.1, -0.05) is 30.1 Å². The van der Waals surface area contributed by atoms with Crippen molar-refractivity contribution in [3.63, 3.8) is 0 Å². The molecular formula is C15H17Cl2NO2. The number of ether oxygens (including phenoxy) is 1. The summed E-state index contributed by atoms with van der Waals surface area (Å²) in [5, 5.41) is 4.44. The van der Waals surface area contributed by atoms with Gasteiger partial charge in [0.15, 0.2) is 0 Å². The monoisotopic (exact) mass is 313 g/mol. The molecule has 5 heteroatoms. The van der Waals surface area contributed by atoms with E-state index >= 15 is 0 Å². The van der Waals surface area contributed by atoms with Crippen molar-refractivity contribution in [1.29, 1.82) is 0 Å². The molecule has 20 heavy (non-hydrogen) atoms. The SMILES string of the molecule is CCCNCc1ccoc1COc1cc(Cl)cc(Cl)c1. The molecule has 0 amide bonds. The molecule has 2 rings (SSSR count). The highest BCUT2D eigenvalue weighted by Crippen LogP contribution is 2.25. The average molecular weight is 314 g/mol. The lowest BCUT2D eigenvalue weighted by Gasteiger charge is -2.08. The maximum absolute atomic E-state index is 5.93. The molecule has 1 heterocycles. The summed E-state index contributed by atoms with van der Waals surface area (Å²) in [6.45, 7) is 4.25. The van der Waals surface area contributed by atoms with E-state index in [1.807, 2.05) is 6.07 Å². The van der Waals surface area contributed by atoms with Gasteiger partial charge in [-0.2, -0.15) is 0 Å². The lowest BCUT2D eigenvalue weighted by atomic mass is 10.2. The van der Waals surface area contributed by atoms with Gasteiger partial charge in [-0.3, -0.25) is 0 Å². The molecule has 0 fully saturated rings. The third kappa shape index (κ3) is 4.44. The molecule has 1 aromatic heterocycles. The van der Waals surface area contributed by atoms with Crippen LogP contribution in [0, 0.1) is 0 Å². The van der Waals surface area contributed by atoms with E-state index in [2.05, 4.69) is 12.2 Å². The molecule has 0 bridgehead atoms. The first-order valence-corrected chi connectivity index (χ1v) is 7.29. The van der Waals surface area contributed by atoms with Gasteiger partial charge < -0.3 is 14.5 Å². The molecule has 1 N–H and O–H groups in total. The summed E-state index contributed by atoms with van der Waals surface area (Å²) < 4.78 is 11.1. The number of furan rings is 1. The van der Waals surface area contributed by atoms with Gasteiger partial charge >= 0.3 is 0 Å². The summed E-state index contributed by atoms with van der Waals surface area (Å²) in [6, 6.07) is 7.08. The van der Waals surface area contributed by atoms with Crippen LogP contribution in [0.15, 0.2) is 34.9 Å². The third-order valence-corrected chi connectivity index (χ3v) is 3.22. The summed E-state index contributed by atoms with van der Waals surface area (Å²) in [6.07, 6.45) is 2.78. The predicted molar refractivity (Wildman–Crippen MR) is 81.5 cm³/mol. The maximum Gasteiger partial charge on any atom is 0.146 e. The second-order valence-electron chi connectivity index (χ2n) is 4.44. The van der Waals surface area contributed by atoms with Crippen LogP contribution in [0.3, 0.4) is 0 Å². The number of halogens is 2. The van der Waals surface area contributed by atoms with Crippen molar-refractivity contribution in [2.75, 3.05) is 6.54 Å². The lowest BCUT2D eigenvalue weighted by molar-refractivity contribution is 0.268. The molecule has 0 saturated heterocycles. The Labute approximate surface area is 128 Å². The van der Waals surface area contributed by atoms with Gasteiger partial charge in [-0.05, 0) is 37.2 Å². The molecule has 0 unspecified atom stereocenters. The van der Waals surface area contributed by atoms with E-state index in [9.17, 15) is 0 Å². The van der Waals surface area contributed by atoms with Crippen LogP contribution < -0.4 is 10.1 Å². The second kappa shape index (κ2) is 7.58. The number of nitrogens with one attached hydrogen (secondary N) is 1. The standard InChI is InChI=1S/C15H17Cl2NO2/c1-2-4-18-9-11-3-5-19-15(11)10-20-14-7-12(16)6-13(17)8-14/h3,5-8,18H,2,4,9-10H2,1H3. The second-order valence-corrected chi connectivity index (χ2v) is 5.31. The van der Waals surface area contributed by atoms with Crippen LogP contribution in [-0.4, -0.2) is 6.54 Å². The van der Waals surface area contributed by atoms with Gasteiger partial charge in [-0.25, -0.2) is 0 Å². The highest BCUT2D eigenvalue weighted by Gasteiger charge is 2.07. The highest BCUT2D eigenvalue weighted by atomic mass is 35.5. The molecule has 0 radical (unpaired) electrons. The largest absolute Gasteiger partial charge is 0.486 e. The van der Waals surface area contributed by atoms with Crippen molar-refractivity contribution in [2.45, 2.75) is 26.5 Å². The van der Waals surface area contributed by atoms with E-state index in [-0.39, 0.29) is 0 Å². The molecule has 0 atom stereocenters. The van der Waals surface area contributed by atoms with Crippen molar-refractivity contribution in [2.24, 2.45) is 0 Å². The Bertz CT molecular complexity index is 534. The fourth-order valence-electron chi connectivity index (χ4n) is 1.81. The minimum atomic E-state index is 0.354. The van der Waals surface area contributed by atoms with Crippen LogP contribution in [0.1, 0.15) is 24.7 Å². The van der Waals surface area contributed by atoms with Crippen molar-refractivity contribution in [3.05, 3.63) is 51.9 Å².